The molecule has 3 aliphatic rings. The summed E-state index contributed by atoms with van der Waals surface area (Å²) in [5, 5.41) is 2.15. The second-order valence-electron chi connectivity index (χ2n) is 7.74. The summed E-state index contributed by atoms with van der Waals surface area (Å²) in [6.45, 7) is 0.222. The second kappa shape index (κ2) is 7.81. The van der Waals surface area contributed by atoms with Crippen molar-refractivity contribution in [2.24, 2.45) is 11.7 Å². The van der Waals surface area contributed by atoms with Crippen molar-refractivity contribution in [3.05, 3.63) is 34.9 Å². The molecule has 2 heterocycles. The average molecular weight is 406 g/mol. The number of amides is 3. The summed E-state index contributed by atoms with van der Waals surface area (Å²) < 4.78 is 0. The van der Waals surface area contributed by atoms with E-state index in [4.69, 9.17) is 22.2 Å². The van der Waals surface area contributed by atoms with Gasteiger partial charge in [0.05, 0.1) is 12.0 Å². The van der Waals surface area contributed by atoms with Crippen LogP contribution in [0.1, 0.15) is 50.1 Å². The number of primary amides is 1. The van der Waals surface area contributed by atoms with Crippen molar-refractivity contribution in [1.29, 1.82) is 0 Å². The third-order valence-corrected chi connectivity index (χ3v) is 6.21. The summed E-state index contributed by atoms with van der Waals surface area (Å²) in [6.07, 6.45) is 4.15. The lowest BCUT2D eigenvalue weighted by Gasteiger charge is -2.32. The first-order valence-corrected chi connectivity index (χ1v) is 10.2. The van der Waals surface area contributed by atoms with Crippen LogP contribution in [0.4, 0.5) is 0 Å². The summed E-state index contributed by atoms with van der Waals surface area (Å²) in [7, 11) is 0. The van der Waals surface area contributed by atoms with E-state index in [0.29, 0.717) is 5.02 Å². The van der Waals surface area contributed by atoms with Crippen LogP contribution in [0.15, 0.2) is 24.3 Å². The Balaban J connectivity index is 1.64. The van der Waals surface area contributed by atoms with Crippen LogP contribution in [-0.2, 0) is 19.2 Å². The van der Waals surface area contributed by atoms with E-state index in [9.17, 15) is 14.4 Å². The van der Waals surface area contributed by atoms with Gasteiger partial charge in [-0.2, -0.15) is 5.06 Å². The van der Waals surface area contributed by atoms with Gasteiger partial charge in [0, 0.05) is 24.0 Å². The Morgan fingerprint density at radius 2 is 1.79 bits per heavy atom. The Bertz CT molecular complexity index is 778. The molecule has 2 aliphatic heterocycles. The Kier molecular flexibility index (Phi) is 5.40. The van der Waals surface area contributed by atoms with Gasteiger partial charge in [0.25, 0.3) is 5.91 Å². The first-order chi connectivity index (χ1) is 13.5. The monoisotopic (exact) mass is 405 g/mol. The Hall–Kier alpha value is -1.96. The first kappa shape index (κ1) is 19.4. The molecule has 1 aromatic rings. The lowest BCUT2D eigenvalue weighted by molar-refractivity contribution is -0.181. The fourth-order valence-corrected chi connectivity index (χ4v) is 4.76. The number of nitrogens with two attached hydrogens (primary N) is 1. The molecule has 8 heteroatoms. The minimum atomic E-state index is -0.844. The number of hydrogen-bond donors (Lipinski definition) is 1. The highest BCUT2D eigenvalue weighted by Gasteiger charge is 2.60. The number of halogens is 1. The molecular weight excluding hydrogens is 382 g/mol. The number of imide groups is 1. The minimum absolute atomic E-state index is 0.0344. The van der Waals surface area contributed by atoms with E-state index in [1.54, 1.807) is 17.2 Å². The third-order valence-electron chi connectivity index (χ3n) is 5.96. The van der Waals surface area contributed by atoms with Crippen molar-refractivity contribution in [3.8, 4) is 0 Å². The van der Waals surface area contributed by atoms with Crippen molar-refractivity contribution < 1.29 is 19.2 Å². The lowest BCUT2D eigenvalue weighted by Crippen LogP contribution is -2.44. The predicted molar refractivity (Wildman–Crippen MR) is 102 cm³/mol. The molecule has 150 valence electrons. The molecule has 1 aromatic carbocycles. The standard InChI is InChI=1S/C20H24ClN3O4/c21-13-8-6-12(7-9-13)17-16-18(28-23(17)11-10-15(22)25)20(27)24(19(16)26)14-4-2-1-3-5-14/h6-9,14,16-18H,1-5,10-11H2,(H2,22,25). The Morgan fingerprint density at radius 3 is 2.43 bits per heavy atom. The van der Waals surface area contributed by atoms with E-state index in [-0.39, 0.29) is 30.8 Å². The van der Waals surface area contributed by atoms with Crippen LogP contribution in [0.5, 0.6) is 0 Å². The Labute approximate surface area is 168 Å². The molecule has 3 fully saturated rings. The van der Waals surface area contributed by atoms with Crippen LogP contribution in [0.2, 0.25) is 5.02 Å². The number of hydrogen-bond acceptors (Lipinski definition) is 5. The molecule has 3 atom stereocenters. The molecule has 0 bridgehead atoms. The average Bonchev–Trinajstić information content (AvgIpc) is 3.17. The molecule has 2 saturated heterocycles. The van der Waals surface area contributed by atoms with Crippen LogP contribution < -0.4 is 5.73 Å². The van der Waals surface area contributed by atoms with E-state index in [1.165, 1.54) is 4.90 Å². The van der Waals surface area contributed by atoms with Gasteiger partial charge in [-0.3, -0.25) is 24.1 Å². The van der Waals surface area contributed by atoms with Crippen LogP contribution in [0.3, 0.4) is 0 Å². The predicted octanol–water partition coefficient (Wildman–Crippen LogP) is 2.19. The highest BCUT2D eigenvalue weighted by molar-refractivity contribution is 6.30. The maximum Gasteiger partial charge on any atom is 0.261 e. The fraction of sp³-hybridized carbons (Fsp3) is 0.550. The molecule has 3 unspecified atom stereocenters. The van der Waals surface area contributed by atoms with Gasteiger partial charge in [0.15, 0.2) is 6.10 Å². The number of hydroxylamine groups is 2. The summed E-state index contributed by atoms with van der Waals surface area (Å²) >= 11 is 6.01. The van der Waals surface area contributed by atoms with E-state index in [2.05, 4.69) is 0 Å². The van der Waals surface area contributed by atoms with Crippen LogP contribution in [0, 0.1) is 5.92 Å². The molecular formula is C20H24ClN3O4. The molecule has 4 rings (SSSR count). The van der Waals surface area contributed by atoms with Gasteiger partial charge in [-0.15, -0.1) is 0 Å². The molecule has 7 nitrogen and oxygen atoms in total. The highest BCUT2D eigenvalue weighted by Crippen LogP contribution is 2.46. The molecule has 2 N–H and O–H groups in total. The Morgan fingerprint density at radius 1 is 1.11 bits per heavy atom. The number of carbonyl (C=O) groups is 3. The number of nitrogens with zero attached hydrogens (tertiary/aromatic N) is 2. The molecule has 1 aliphatic carbocycles. The van der Waals surface area contributed by atoms with E-state index < -0.39 is 24.0 Å². The topological polar surface area (TPSA) is 92.9 Å². The first-order valence-electron chi connectivity index (χ1n) is 9.81. The largest absolute Gasteiger partial charge is 0.370 e. The third kappa shape index (κ3) is 3.43. The zero-order valence-corrected chi connectivity index (χ0v) is 16.3. The van der Waals surface area contributed by atoms with Crippen molar-refractivity contribution in [3.63, 3.8) is 0 Å². The van der Waals surface area contributed by atoms with Crippen LogP contribution in [-0.4, -0.2) is 46.4 Å². The fourth-order valence-electron chi connectivity index (χ4n) is 4.64. The summed E-state index contributed by atoms with van der Waals surface area (Å²) in [5.74, 6) is -1.52. The van der Waals surface area contributed by atoms with Gasteiger partial charge in [-0.05, 0) is 30.5 Å². The number of fused-ring (bicyclic) bond motifs is 1. The summed E-state index contributed by atoms with van der Waals surface area (Å²) in [5.41, 5.74) is 6.11. The lowest BCUT2D eigenvalue weighted by atomic mass is 9.90. The molecule has 28 heavy (non-hydrogen) atoms. The smallest absolute Gasteiger partial charge is 0.261 e. The highest BCUT2D eigenvalue weighted by atomic mass is 35.5. The van der Waals surface area contributed by atoms with Gasteiger partial charge in [0.2, 0.25) is 11.8 Å². The van der Waals surface area contributed by atoms with Crippen LogP contribution >= 0.6 is 11.6 Å². The van der Waals surface area contributed by atoms with Crippen LogP contribution in [0.25, 0.3) is 0 Å². The van der Waals surface area contributed by atoms with Gasteiger partial charge >= 0.3 is 0 Å². The van der Waals surface area contributed by atoms with Crippen molar-refractivity contribution in [2.45, 2.75) is 56.7 Å². The normalized spacial score (nSPS) is 28.8. The van der Waals surface area contributed by atoms with E-state index in [1.807, 2.05) is 12.1 Å². The second-order valence-corrected chi connectivity index (χ2v) is 8.18. The minimum Gasteiger partial charge on any atom is -0.370 e. The summed E-state index contributed by atoms with van der Waals surface area (Å²) in [4.78, 5) is 45.0. The number of likely N-dealkylation sites (tertiary alicyclic amines) is 1. The zero-order valence-electron chi connectivity index (χ0n) is 15.6. The van der Waals surface area contributed by atoms with Gasteiger partial charge < -0.3 is 5.73 Å². The zero-order chi connectivity index (χ0) is 19.8. The van der Waals surface area contributed by atoms with Gasteiger partial charge in [0.1, 0.15) is 0 Å². The molecule has 0 spiro atoms. The van der Waals surface area contributed by atoms with Gasteiger partial charge in [-0.25, -0.2) is 0 Å². The van der Waals surface area contributed by atoms with Crippen molar-refractivity contribution >= 4 is 29.3 Å². The number of rotatable bonds is 5. The quantitative estimate of drug-likeness (QED) is 0.758. The molecule has 1 saturated carbocycles. The number of benzene rings is 1. The molecule has 0 aromatic heterocycles. The van der Waals surface area contributed by atoms with E-state index in [0.717, 1.165) is 37.7 Å². The van der Waals surface area contributed by atoms with Crippen molar-refractivity contribution in [1.82, 2.24) is 9.96 Å². The molecule has 0 radical (unpaired) electrons. The molecule has 3 amide bonds. The van der Waals surface area contributed by atoms with Gasteiger partial charge in [-0.1, -0.05) is 43.0 Å². The van der Waals surface area contributed by atoms with Crippen molar-refractivity contribution in [2.75, 3.05) is 6.54 Å². The summed E-state index contributed by atoms with van der Waals surface area (Å²) in [6, 6.07) is 6.67. The maximum absolute atomic E-state index is 13.3. The SMILES string of the molecule is NC(=O)CCN1OC2C(=O)N(C3CCCCC3)C(=O)C2C1c1ccc(Cl)cc1. The number of carbonyl (C=O) groups excluding carboxylic acids is 3. The maximum atomic E-state index is 13.3. The van der Waals surface area contributed by atoms with E-state index >= 15 is 0 Å².